The molecule has 11 heteroatoms. The van der Waals surface area contributed by atoms with Crippen molar-refractivity contribution in [2.75, 3.05) is 5.43 Å². The van der Waals surface area contributed by atoms with Crippen molar-refractivity contribution in [1.82, 2.24) is 4.83 Å². The average molecular weight is 361 g/mol. The maximum Gasteiger partial charge on any atom is 0.424 e. The lowest BCUT2D eigenvalue weighted by Crippen LogP contribution is -2.31. The lowest BCUT2D eigenvalue weighted by molar-refractivity contribution is -0.388. The summed E-state index contributed by atoms with van der Waals surface area (Å²) in [5, 5.41) is 10.8. The van der Waals surface area contributed by atoms with Crippen molar-refractivity contribution >= 4 is 21.4 Å². The van der Waals surface area contributed by atoms with Crippen LogP contribution in [0.2, 0.25) is 0 Å². The van der Waals surface area contributed by atoms with Crippen molar-refractivity contribution in [1.29, 1.82) is 0 Å². The zero-order chi connectivity index (χ0) is 18.0. The summed E-state index contributed by atoms with van der Waals surface area (Å²) in [7, 11) is -4.71. The number of nitrogens with one attached hydrogen (secondary N) is 2. The molecule has 0 aliphatic carbocycles. The highest BCUT2D eigenvalue weighted by atomic mass is 32.2. The second kappa shape index (κ2) is 6.45. The summed E-state index contributed by atoms with van der Waals surface area (Å²) in [6, 6.07) is 9.85. The number of halogens is 3. The Balaban J connectivity index is 2.47. The van der Waals surface area contributed by atoms with Crippen molar-refractivity contribution in [3.63, 3.8) is 0 Å². The van der Waals surface area contributed by atoms with Crippen molar-refractivity contribution in [2.45, 2.75) is 11.1 Å². The van der Waals surface area contributed by atoms with E-state index >= 15 is 0 Å². The van der Waals surface area contributed by atoms with Gasteiger partial charge < -0.3 is 5.43 Å². The van der Waals surface area contributed by atoms with Crippen LogP contribution >= 0.6 is 0 Å². The second-order valence-electron chi connectivity index (χ2n) is 4.50. The molecule has 0 bridgehead atoms. The fourth-order valence-electron chi connectivity index (χ4n) is 1.88. The van der Waals surface area contributed by atoms with E-state index < -0.39 is 37.3 Å². The molecule has 0 spiro atoms. The molecular formula is C13H10F3N3O4S. The number of sulfonamides is 1. The summed E-state index contributed by atoms with van der Waals surface area (Å²) in [6.45, 7) is 0. The molecule has 2 aromatic carbocycles. The summed E-state index contributed by atoms with van der Waals surface area (Å²) in [5.41, 5.74) is -0.665. The first-order chi connectivity index (χ1) is 11.1. The highest BCUT2D eigenvalue weighted by Gasteiger charge is 2.44. The quantitative estimate of drug-likeness (QED) is 0.630. The number of hydrogen-bond acceptors (Lipinski definition) is 5. The molecule has 2 rings (SSSR count). The van der Waals surface area contributed by atoms with Crippen LogP contribution in [0.25, 0.3) is 0 Å². The molecule has 7 nitrogen and oxygen atoms in total. The molecule has 0 heterocycles. The van der Waals surface area contributed by atoms with E-state index in [1.807, 2.05) is 0 Å². The lowest BCUT2D eigenvalue weighted by Gasteiger charge is -2.14. The fourth-order valence-corrected chi connectivity index (χ4v) is 2.99. The molecule has 128 valence electrons. The number of benzene rings is 2. The van der Waals surface area contributed by atoms with Crippen LogP contribution in [0.3, 0.4) is 0 Å². The first-order valence-electron chi connectivity index (χ1n) is 6.30. The van der Waals surface area contributed by atoms with Crippen molar-refractivity contribution in [2.24, 2.45) is 0 Å². The van der Waals surface area contributed by atoms with Gasteiger partial charge in [-0.2, -0.15) is 13.2 Å². The number of para-hydroxylation sites is 1. The predicted molar refractivity (Wildman–Crippen MR) is 78.5 cm³/mol. The Labute approximate surface area is 134 Å². The van der Waals surface area contributed by atoms with Gasteiger partial charge in [0, 0.05) is 11.8 Å². The standard InChI is InChI=1S/C13H10F3N3O4S/c14-13(15,16)12-10(19(20)21)7-4-8-11(12)24(22,23)18-17-9-5-2-1-3-6-9/h1-8,17-18H. The summed E-state index contributed by atoms with van der Waals surface area (Å²) in [5.74, 6) is 0. The van der Waals surface area contributed by atoms with Crippen LogP contribution < -0.4 is 10.3 Å². The summed E-state index contributed by atoms with van der Waals surface area (Å²) in [6.07, 6.45) is -5.22. The molecule has 0 fully saturated rings. The Hall–Kier alpha value is -2.66. The van der Waals surface area contributed by atoms with Crippen LogP contribution in [0.1, 0.15) is 5.56 Å². The molecule has 0 radical (unpaired) electrons. The minimum absolute atomic E-state index is 0.278. The molecule has 0 saturated carbocycles. The van der Waals surface area contributed by atoms with Gasteiger partial charge in [0.15, 0.2) is 5.56 Å². The van der Waals surface area contributed by atoms with Gasteiger partial charge in [0.2, 0.25) is 0 Å². The molecule has 0 unspecified atom stereocenters. The van der Waals surface area contributed by atoms with Gasteiger partial charge in [0.05, 0.1) is 4.92 Å². The van der Waals surface area contributed by atoms with E-state index in [1.54, 1.807) is 23.0 Å². The number of anilines is 1. The number of nitrogens with zero attached hydrogens (tertiary/aromatic N) is 1. The van der Waals surface area contributed by atoms with Gasteiger partial charge in [-0.05, 0) is 18.2 Å². The third-order valence-electron chi connectivity index (χ3n) is 2.88. The highest BCUT2D eigenvalue weighted by Crippen LogP contribution is 2.40. The third-order valence-corrected chi connectivity index (χ3v) is 4.17. The third kappa shape index (κ3) is 3.81. The first kappa shape index (κ1) is 17.7. The number of alkyl halides is 3. The van der Waals surface area contributed by atoms with E-state index in [-0.39, 0.29) is 5.69 Å². The lowest BCUT2D eigenvalue weighted by atomic mass is 10.2. The Morgan fingerprint density at radius 2 is 1.62 bits per heavy atom. The zero-order valence-electron chi connectivity index (χ0n) is 11.7. The van der Waals surface area contributed by atoms with Crippen LogP contribution in [-0.2, 0) is 16.2 Å². The van der Waals surface area contributed by atoms with Gasteiger partial charge >= 0.3 is 6.18 Å². The second-order valence-corrected chi connectivity index (χ2v) is 6.15. The predicted octanol–water partition coefficient (Wildman–Crippen LogP) is 2.92. The monoisotopic (exact) mass is 361 g/mol. The summed E-state index contributed by atoms with van der Waals surface area (Å²) >= 11 is 0. The van der Waals surface area contributed by atoms with Crippen LogP contribution in [0.4, 0.5) is 24.5 Å². The molecule has 0 amide bonds. The van der Waals surface area contributed by atoms with E-state index in [9.17, 15) is 31.7 Å². The number of nitro benzene ring substituents is 1. The number of hydrogen-bond donors (Lipinski definition) is 2. The molecule has 0 aromatic heterocycles. The first-order valence-corrected chi connectivity index (χ1v) is 7.79. The van der Waals surface area contributed by atoms with Gasteiger partial charge in [0.25, 0.3) is 15.7 Å². The van der Waals surface area contributed by atoms with Crippen molar-refractivity contribution < 1.29 is 26.5 Å². The van der Waals surface area contributed by atoms with Gasteiger partial charge in [-0.1, -0.05) is 24.3 Å². The Morgan fingerprint density at radius 3 is 2.17 bits per heavy atom. The van der Waals surface area contributed by atoms with E-state index in [0.29, 0.717) is 12.1 Å². The number of rotatable bonds is 5. The molecule has 0 saturated heterocycles. The molecular weight excluding hydrogens is 351 g/mol. The average Bonchev–Trinajstić information content (AvgIpc) is 2.52. The van der Waals surface area contributed by atoms with E-state index in [1.165, 1.54) is 12.1 Å². The largest absolute Gasteiger partial charge is 0.424 e. The summed E-state index contributed by atoms with van der Waals surface area (Å²) < 4.78 is 63.7. The van der Waals surface area contributed by atoms with Crippen molar-refractivity contribution in [3.05, 3.63) is 64.2 Å². The zero-order valence-corrected chi connectivity index (χ0v) is 12.6. The molecule has 2 aromatic rings. The highest BCUT2D eigenvalue weighted by molar-refractivity contribution is 7.89. The van der Waals surface area contributed by atoms with Crippen LogP contribution in [0.5, 0.6) is 0 Å². The molecule has 0 atom stereocenters. The molecule has 0 aliphatic rings. The topological polar surface area (TPSA) is 101 Å². The molecule has 0 aliphatic heterocycles. The van der Waals surface area contributed by atoms with Gasteiger partial charge in [-0.3, -0.25) is 10.1 Å². The normalized spacial score (nSPS) is 12.0. The van der Waals surface area contributed by atoms with Crippen LogP contribution in [0, 0.1) is 10.1 Å². The SMILES string of the molecule is O=[N+]([O-])c1cccc(S(=O)(=O)NNc2ccccc2)c1C(F)(F)F. The fraction of sp³-hybridized carbons (Fsp3) is 0.0769. The summed E-state index contributed by atoms with van der Waals surface area (Å²) in [4.78, 5) is 10.0. The van der Waals surface area contributed by atoms with Gasteiger partial charge in [-0.15, -0.1) is 4.83 Å². The van der Waals surface area contributed by atoms with E-state index in [2.05, 4.69) is 5.43 Å². The number of nitro groups is 1. The maximum absolute atomic E-state index is 13.1. The molecule has 2 N–H and O–H groups in total. The van der Waals surface area contributed by atoms with E-state index in [4.69, 9.17) is 0 Å². The Kier molecular flexibility index (Phi) is 4.76. The Bertz CT molecular complexity index is 855. The van der Waals surface area contributed by atoms with E-state index in [0.717, 1.165) is 6.07 Å². The van der Waals surface area contributed by atoms with Crippen molar-refractivity contribution in [3.8, 4) is 0 Å². The maximum atomic E-state index is 13.1. The minimum Gasteiger partial charge on any atom is -0.308 e. The van der Waals surface area contributed by atoms with Gasteiger partial charge in [-0.25, -0.2) is 8.42 Å². The Morgan fingerprint density at radius 1 is 1.00 bits per heavy atom. The van der Waals surface area contributed by atoms with Crippen LogP contribution in [-0.4, -0.2) is 13.3 Å². The van der Waals surface area contributed by atoms with Crippen LogP contribution in [0.15, 0.2) is 53.4 Å². The number of hydrazine groups is 1. The van der Waals surface area contributed by atoms with Gasteiger partial charge in [0.1, 0.15) is 4.90 Å². The minimum atomic E-state index is -5.22. The smallest absolute Gasteiger partial charge is 0.308 e. The molecule has 24 heavy (non-hydrogen) atoms.